The van der Waals surface area contributed by atoms with Crippen LogP contribution in [0.2, 0.25) is 0 Å². The first kappa shape index (κ1) is 10.7. The molecule has 0 aliphatic heterocycles. The van der Waals surface area contributed by atoms with E-state index in [2.05, 4.69) is 9.97 Å². The van der Waals surface area contributed by atoms with Crippen molar-refractivity contribution < 1.29 is 4.74 Å². The third-order valence-corrected chi connectivity index (χ3v) is 1.89. The topological polar surface area (TPSA) is 64.3 Å². The summed E-state index contributed by atoms with van der Waals surface area (Å²) in [5.74, 6) is 1.36. The van der Waals surface area contributed by atoms with Gasteiger partial charge in [0.25, 0.3) is 0 Å². The van der Waals surface area contributed by atoms with Crippen molar-refractivity contribution in [3.8, 4) is 5.75 Å². The second-order valence-electron chi connectivity index (χ2n) is 2.99. The molecule has 0 saturated carbocycles. The summed E-state index contributed by atoms with van der Waals surface area (Å²) in [6, 6.07) is 0. The van der Waals surface area contributed by atoms with Crippen molar-refractivity contribution in [3.05, 3.63) is 12.4 Å². The minimum Gasteiger partial charge on any atom is -0.494 e. The summed E-state index contributed by atoms with van der Waals surface area (Å²) in [6.07, 6.45) is 4.24. The summed E-state index contributed by atoms with van der Waals surface area (Å²) in [4.78, 5) is 10.3. The molecular formula is C9H16N4O. The summed E-state index contributed by atoms with van der Waals surface area (Å²) in [5.41, 5.74) is 5.41. The highest BCUT2D eigenvalue weighted by molar-refractivity contribution is 5.29. The maximum absolute atomic E-state index is 5.41. The third-order valence-electron chi connectivity index (χ3n) is 1.89. The van der Waals surface area contributed by atoms with E-state index in [9.17, 15) is 0 Å². The Morgan fingerprint density at radius 2 is 2.07 bits per heavy atom. The average molecular weight is 196 g/mol. The number of nitrogens with zero attached hydrogens (tertiary/aromatic N) is 3. The van der Waals surface area contributed by atoms with E-state index in [1.54, 1.807) is 19.5 Å². The molecule has 0 spiro atoms. The first-order valence-corrected chi connectivity index (χ1v) is 4.55. The summed E-state index contributed by atoms with van der Waals surface area (Å²) >= 11 is 0. The zero-order chi connectivity index (χ0) is 10.4. The summed E-state index contributed by atoms with van der Waals surface area (Å²) in [6.45, 7) is 1.54. The van der Waals surface area contributed by atoms with Gasteiger partial charge in [0.05, 0.1) is 19.5 Å². The molecule has 0 amide bonds. The minimum atomic E-state index is 0.668. The van der Waals surface area contributed by atoms with Gasteiger partial charge in [-0.25, -0.2) is 9.97 Å². The van der Waals surface area contributed by atoms with Crippen molar-refractivity contribution in [2.45, 2.75) is 6.42 Å². The van der Waals surface area contributed by atoms with Gasteiger partial charge in [-0.15, -0.1) is 0 Å². The Morgan fingerprint density at radius 3 is 2.57 bits per heavy atom. The summed E-state index contributed by atoms with van der Waals surface area (Å²) in [7, 11) is 3.54. The number of aromatic nitrogens is 2. The maximum atomic E-state index is 5.41. The van der Waals surface area contributed by atoms with E-state index < -0.39 is 0 Å². The third kappa shape index (κ3) is 2.85. The van der Waals surface area contributed by atoms with Crippen molar-refractivity contribution in [1.29, 1.82) is 0 Å². The zero-order valence-electron chi connectivity index (χ0n) is 8.60. The quantitative estimate of drug-likeness (QED) is 0.732. The molecule has 0 aromatic carbocycles. The Morgan fingerprint density at radius 1 is 1.43 bits per heavy atom. The number of nitrogens with two attached hydrogens (primary N) is 1. The monoisotopic (exact) mass is 196 g/mol. The highest BCUT2D eigenvalue weighted by Gasteiger charge is 2.02. The Balaban J connectivity index is 2.57. The molecule has 1 aromatic heterocycles. The predicted molar refractivity (Wildman–Crippen MR) is 55.5 cm³/mol. The van der Waals surface area contributed by atoms with Gasteiger partial charge in [0.15, 0.2) is 5.75 Å². The number of hydrogen-bond acceptors (Lipinski definition) is 5. The van der Waals surface area contributed by atoms with Gasteiger partial charge in [-0.2, -0.15) is 0 Å². The van der Waals surface area contributed by atoms with E-state index in [-0.39, 0.29) is 0 Å². The molecule has 5 heteroatoms. The van der Waals surface area contributed by atoms with Crippen LogP contribution in [0.1, 0.15) is 6.42 Å². The van der Waals surface area contributed by atoms with E-state index in [0.717, 1.165) is 13.0 Å². The smallest absolute Gasteiger partial charge is 0.225 e. The fraction of sp³-hybridized carbons (Fsp3) is 0.556. The average Bonchev–Trinajstić information content (AvgIpc) is 2.26. The molecular weight excluding hydrogens is 180 g/mol. The molecule has 0 fully saturated rings. The lowest BCUT2D eigenvalue weighted by molar-refractivity contribution is 0.410. The van der Waals surface area contributed by atoms with E-state index in [1.807, 2.05) is 11.9 Å². The van der Waals surface area contributed by atoms with Gasteiger partial charge in [-0.1, -0.05) is 0 Å². The standard InChI is InChI=1S/C9H16N4O/c1-13(5-3-4-10)9-11-6-8(14-2)7-12-9/h6-7H,3-5,10H2,1-2H3. The molecule has 1 aromatic rings. The van der Waals surface area contributed by atoms with Crippen LogP contribution in [0, 0.1) is 0 Å². The second kappa shape index (κ2) is 5.39. The Hall–Kier alpha value is -1.36. The molecule has 0 radical (unpaired) electrons. The van der Waals surface area contributed by atoms with Crippen LogP contribution in [0.25, 0.3) is 0 Å². The molecule has 1 heterocycles. The first-order valence-electron chi connectivity index (χ1n) is 4.55. The van der Waals surface area contributed by atoms with Crippen LogP contribution in [-0.2, 0) is 0 Å². The zero-order valence-corrected chi connectivity index (χ0v) is 8.60. The molecule has 0 saturated heterocycles. The second-order valence-corrected chi connectivity index (χ2v) is 2.99. The van der Waals surface area contributed by atoms with Crippen molar-refractivity contribution >= 4 is 5.95 Å². The lowest BCUT2D eigenvalue weighted by Crippen LogP contribution is -2.22. The number of ether oxygens (including phenoxy) is 1. The molecule has 0 aliphatic carbocycles. The first-order chi connectivity index (χ1) is 6.77. The van der Waals surface area contributed by atoms with Gasteiger partial charge >= 0.3 is 0 Å². The predicted octanol–water partition coefficient (Wildman–Crippen LogP) is 0.270. The number of hydrogen-bond donors (Lipinski definition) is 1. The molecule has 0 bridgehead atoms. The maximum Gasteiger partial charge on any atom is 0.225 e. The molecule has 0 unspecified atom stereocenters. The van der Waals surface area contributed by atoms with Crippen LogP contribution in [0.3, 0.4) is 0 Å². The van der Waals surface area contributed by atoms with Crippen molar-refractivity contribution in [2.24, 2.45) is 5.73 Å². The van der Waals surface area contributed by atoms with Crippen LogP contribution < -0.4 is 15.4 Å². The fourth-order valence-electron chi connectivity index (χ4n) is 1.04. The van der Waals surface area contributed by atoms with Gasteiger partial charge in [-0.3, -0.25) is 0 Å². The minimum absolute atomic E-state index is 0.668. The van der Waals surface area contributed by atoms with Crippen molar-refractivity contribution in [1.82, 2.24) is 9.97 Å². The molecule has 5 nitrogen and oxygen atoms in total. The van der Waals surface area contributed by atoms with Crippen LogP contribution in [0.15, 0.2) is 12.4 Å². The highest BCUT2D eigenvalue weighted by Crippen LogP contribution is 2.09. The molecule has 0 atom stereocenters. The van der Waals surface area contributed by atoms with E-state index in [0.29, 0.717) is 18.2 Å². The van der Waals surface area contributed by atoms with Gasteiger partial charge in [0.1, 0.15) is 0 Å². The van der Waals surface area contributed by atoms with Gasteiger partial charge < -0.3 is 15.4 Å². The summed E-state index contributed by atoms with van der Waals surface area (Å²) in [5, 5.41) is 0. The Labute approximate surface area is 83.9 Å². The number of methoxy groups -OCH3 is 1. The highest BCUT2D eigenvalue weighted by atomic mass is 16.5. The number of rotatable bonds is 5. The SMILES string of the molecule is COc1cnc(N(C)CCCN)nc1. The van der Waals surface area contributed by atoms with Crippen molar-refractivity contribution in [2.75, 3.05) is 32.1 Å². The molecule has 14 heavy (non-hydrogen) atoms. The normalized spacial score (nSPS) is 9.93. The lowest BCUT2D eigenvalue weighted by Gasteiger charge is -2.15. The van der Waals surface area contributed by atoms with E-state index in [4.69, 9.17) is 10.5 Å². The Bertz CT molecular complexity index is 262. The van der Waals surface area contributed by atoms with Gasteiger partial charge in [0.2, 0.25) is 5.95 Å². The molecule has 1 rings (SSSR count). The molecule has 0 aliphatic rings. The fourth-order valence-corrected chi connectivity index (χ4v) is 1.04. The van der Waals surface area contributed by atoms with Crippen LogP contribution >= 0.6 is 0 Å². The molecule has 2 N–H and O–H groups in total. The van der Waals surface area contributed by atoms with Crippen LogP contribution in [0.5, 0.6) is 5.75 Å². The number of anilines is 1. The Kier molecular flexibility index (Phi) is 4.12. The largest absolute Gasteiger partial charge is 0.494 e. The molecule has 78 valence electrons. The van der Waals surface area contributed by atoms with Gasteiger partial charge in [0, 0.05) is 13.6 Å². The lowest BCUT2D eigenvalue weighted by atomic mass is 10.4. The van der Waals surface area contributed by atoms with Crippen LogP contribution in [0.4, 0.5) is 5.95 Å². The van der Waals surface area contributed by atoms with Crippen molar-refractivity contribution in [3.63, 3.8) is 0 Å². The van der Waals surface area contributed by atoms with Gasteiger partial charge in [-0.05, 0) is 13.0 Å². The van der Waals surface area contributed by atoms with E-state index in [1.165, 1.54) is 0 Å². The van der Waals surface area contributed by atoms with E-state index >= 15 is 0 Å². The summed E-state index contributed by atoms with van der Waals surface area (Å²) < 4.78 is 4.97. The van der Waals surface area contributed by atoms with Crippen LogP contribution in [-0.4, -0.2) is 37.2 Å².